The molecule has 104 valence electrons. The highest BCUT2D eigenvalue weighted by Gasteiger charge is 2.22. The Morgan fingerprint density at radius 3 is 2.90 bits per heavy atom. The molecule has 0 bridgehead atoms. The predicted octanol–water partition coefficient (Wildman–Crippen LogP) is 3.14. The highest BCUT2D eigenvalue weighted by molar-refractivity contribution is 6.30. The molecule has 3 nitrogen and oxygen atoms in total. The summed E-state index contributed by atoms with van der Waals surface area (Å²) in [6.07, 6.45) is 0.953. The third-order valence-corrected chi connectivity index (χ3v) is 3.84. The maximum Gasteiger partial charge on any atom is 0.127 e. The van der Waals surface area contributed by atoms with E-state index in [0.717, 1.165) is 35.5 Å². The first-order chi connectivity index (χ1) is 9.69. The van der Waals surface area contributed by atoms with Crippen molar-refractivity contribution in [1.82, 2.24) is 5.43 Å². The summed E-state index contributed by atoms with van der Waals surface area (Å²) in [5.41, 5.74) is 7.33. The van der Waals surface area contributed by atoms with Crippen molar-refractivity contribution in [3.05, 3.63) is 63.7 Å². The molecular formula is C16H17ClN2O. The Balaban J connectivity index is 2.08. The molecule has 0 amide bonds. The number of aryl methyl sites for hydroxylation is 1. The summed E-state index contributed by atoms with van der Waals surface area (Å²) in [6.45, 7) is 2.76. The van der Waals surface area contributed by atoms with E-state index >= 15 is 0 Å². The second-order valence-electron chi connectivity index (χ2n) is 5.10. The zero-order valence-electron chi connectivity index (χ0n) is 11.3. The first kappa shape index (κ1) is 13.4. The molecule has 3 N–H and O–H groups in total. The third kappa shape index (κ3) is 2.40. The van der Waals surface area contributed by atoms with Crippen LogP contribution in [0.5, 0.6) is 5.75 Å². The van der Waals surface area contributed by atoms with Gasteiger partial charge in [0.2, 0.25) is 0 Å². The highest BCUT2D eigenvalue weighted by Crippen LogP contribution is 2.36. The smallest absolute Gasteiger partial charge is 0.127 e. The first-order valence-electron chi connectivity index (χ1n) is 6.67. The van der Waals surface area contributed by atoms with Gasteiger partial charge in [-0.1, -0.05) is 35.9 Å². The lowest BCUT2D eigenvalue weighted by molar-refractivity contribution is 0.350. The number of halogens is 1. The van der Waals surface area contributed by atoms with Crippen LogP contribution in [0, 0.1) is 6.92 Å². The number of fused-ring (bicyclic) bond motifs is 1. The molecule has 0 aromatic heterocycles. The van der Waals surface area contributed by atoms with Gasteiger partial charge in [-0.05, 0) is 35.7 Å². The second-order valence-corrected chi connectivity index (χ2v) is 5.53. The molecule has 0 fully saturated rings. The van der Waals surface area contributed by atoms with Crippen LogP contribution in [0.4, 0.5) is 0 Å². The molecule has 1 unspecified atom stereocenters. The summed E-state index contributed by atoms with van der Waals surface area (Å²) < 4.78 is 5.77. The fourth-order valence-electron chi connectivity index (χ4n) is 2.76. The molecule has 0 saturated carbocycles. The molecule has 1 aliphatic heterocycles. The van der Waals surface area contributed by atoms with Crippen molar-refractivity contribution in [3.63, 3.8) is 0 Å². The van der Waals surface area contributed by atoms with Crippen LogP contribution in [0.25, 0.3) is 0 Å². The number of rotatable bonds is 3. The number of hydrogen-bond acceptors (Lipinski definition) is 3. The van der Waals surface area contributed by atoms with E-state index in [1.165, 1.54) is 5.56 Å². The maximum atomic E-state index is 6.16. The fourth-order valence-corrected chi connectivity index (χ4v) is 3.06. The van der Waals surface area contributed by atoms with E-state index in [1.807, 2.05) is 31.2 Å². The van der Waals surface area contributed by atoms with Gasteiger partial charge in [0.05, 0.1) is 12.6 Å². The molecule has 2 aromatic rings. The van der Waals surface area contributed by atoms with Crippen molar-refractivity contribution in [2.75, 3.05) is 6.61 Å². The molecule has 0 spiro atoms. The molecular weight excluding hydrogens is 272 g/mol. The summed E-state index contributed by atoms with van der Waals surface area (Å²) in [4.78, 5) is 0. The molecule has 0 aliphatic carbocycles. The summed E-state index contributed by atoms with van der Waals surface area (Å²) >= 11 is 6.16. The van der Waals surface area contributed by atoms with Gasteiger partial charge in [-0.3, -0.25) is 5.84 Å². The number of nitrogens with one attached hydrogen (secondary N) is 1. The predicted molar refractivity (Wildman–Crippen MR) is 81.0 cm³/mol. The summed E-state index contributed by atoms with van der Waals surface area (Å²) in [6, 6.07) is 12.0. The summed E-state index contributed by atoms with van der Waals surface area (Å²) in [7, 11) is 0. The lowest BCUT2D eigenvalue weighted by Gasteiger charge is -2.20. The van der Waals surface area contributed by atoms with Gasteiger partial charge in [0.25, 0.3) is 0 Å². The second kappa shape index (κ2) is 5.44. The average molecular weight is 289 g/mol. The Labute approximate surface area is 123 Å². The molecule has 0 radical (unpaired) electrons. The Kier molecular flexibility index (Phi) is 3.66. The molecule has 1 atom stereocenters. The van der Waals surface area contributed by atoms with E-state index in [9.17, 15) is 0 Å². The Bertz CT molecular complexity index is 622. The van der Waals surface area contributed by atoms with Gasteiger partial charge < -0.3 is 4.74 Å². The van der Waals surface area contributed by atoms with Crippen LogP contribution >= 0.6 is 11.6 Å². The number of ether oxygens (including phenoxy) is 1. The van der Waals surface area contributed by atoms with Crippen LogP contribution < -0.4 is 16.0 Å². The van der Waals surface area contributed by atoms with Gasteiger partial charge in [-0.2, -0.15) is 0 Å². The van der Waals surface area contributed by atoms with Crippen LogP contribution in [0.15, 0.2) is 36.4 Å². The Morgan fingerprint density at radius 2 is 2.15 bits per heavy atom. The normalized spacial score (nSPS) is 14.8. The standard InChI is InChI=1S/C16H17ClN2O/c1-10-7-12(9-13(17)8-10)15(19-18)14-4-2-3-11-5-6-20-16(11)14/h2-4,7-9,15,19H,5-6,18H2,1H3. The van der Waals surface area contributed by atoms with Crippen molar-refractivity contribution in [2.24, 2.45) is 5.84 Å². The van der Waals surface area contributed by atoms with Crippen molar-refractivity contribution in [2.45, 2.75) is 19.4 Å². The minimum Gasteiger partial charge on any atom is -0.493 e. The molecule has 4 heteroatoms. The van der Waals surface area contributed by atoms with Crippen molar-refractivity contribution in [1.29, 1.82) is 0 Å². The quantitative estimate of drug-likeness (QED) is 0.674. The zero-order valence-corrected chi connectivity index (χ0v) is 12.1. The van der Waals surface area contributed by atoms with Crippen molar-refractivity contribution >= 4 is 11.6 Å². The number of nitrogens with two attached hydrogens (primary N) is 1. The van der Waals surface area contributed by atoms with E-state index in [2.05, 4.69) is 17.6 Å². The van der Waals surface area contributed by atoms with Crippen LogP contribution in [-0.4, -0.2) is 6.61 Å². The van der Waals surface area contributed by atoms with Crippen LogP contribution in [0.3, 0.4) is 0 Å². The van der Waals surface area contributed by atoms with Gasteiger partial charge >= 0.3 is 0 Å². The van der Waals surface area contributed by atoms with Crippen molar-refractivity contribution in [3.8, 4) is 5.75 Å². The molecule has 3 rings (SSSR count). The van der Waals surface area contributed by atoms with Gasteiger partial charge in [-0.25, -0.2) is 5.43 Å². The molecule has 20 heavy (non-hydrogen) atoms. The van der Waals surface area contributed by atoms with Crippen LogP contribution in [0.1, 0.15) is 28.3 Å². The number of hydrogen-bond donors (Lipinski definition) is 2. The lowest BCUT2D eigenvalue weighted by Crippen LogP contribution is -2.29. The van der Waals surface area contributed by atoms with E-state index in [-0.39, 0.29) is 6.04 Å². The molecule has 2 aromatic carbocycles. The van der Waals surface area contributed by atoms with E-state index in [1.54, 1.807) is 0 Å². The van der Waals surface area contributed by atoms with E-state index in [4.69, 9.17) is 22.2 Å². The molecule has 1 heterocycles. The lowest BCUT2D eigenvalue weighted by atomic mass is 9.95. The Hall–Kier alpha value is -1.55. The largest absolute Gasteiger partial charge is 0.493 e. The minimum absolute atomic E-state index is 0.125. The van der Waals surface area contributed by atoms with Gasteiger partial charge in [0, 0.05) is 17.0 Å². The molecule has 0 saturated heterocycles. The monoisotopic (exact) mass is 288 g/mol. The van der Waals surface area contributed by atoms with E-state index < -0.39 is 0 Å². The van der Waals surface area contributed by atoms with E-state index in [0.29, 0.717) is 5.02 Å². The summed E-state index contributed by atoms with van der Waals surface area (Å²) in [5, 5.41) is 0.716. The number of para-hydroxylation sites is 1. The molecule has 1 aliphatic rings. The van der Waals surface area contributed by atoms with Crippen LogP contribution in [0.2, 0.25) is 5.02 Å². The van der Waals surface area contributed by atoms with Crippen LogP contribution in [-0.2, 0) is 6.42 Å². The Morgan fingerprint density at radius 1 is 1.30 bits per heavy atom. The van der Waals surface area contributed by atoms with Gasteiger partial charge in [0.1, 0.15) is 5.75 Å². The first-order valence-corrected chi connectivity index (χ1v) is 7.04. The number of benzene rings is 2. The highest BCUT2D eigenvalue weighted by atomic mass is 35.5. The average Bonchev–Trinajstić information content (AvgIpc) is 2.87. The van der Waals surface area contributed by atoms with Gasteiger partial charge in [0.15, 0.2) is 0 Å². The fraction of sp³-hybridized carbons (Fsp3) is 0.250. The minimum atomic E-state index is -0.125. The topological polar surface area (TPSA) is 47.3 Å². The van der Waals surface area contributed by atoms with Gasteiger partial charge in [-0.15, -0.1) is 0 Å². The summed E-state index contributed by atoms with van der Waals surface area (Å²) in [5.74, 6) is 6.73. The zero-order chi connectivity index (χ0) is 14.1. The third-order valence-electron chi connectivity index (χ3n) is 3.62. The SMILES string of the molecule is Cc1cc(Cl)cc(C(NN)c2cccc3c2OCC3)c1. The van der Waals surface area contributed by atoms with Crippen molar-refractivity contribution < 1.29 is 4.74 Å². The maximum absolute atomic E-state index is 6.16. The number of hydrazine groups is 1.